The number of aromatic hydroxyl groups is 1. The van der Waals surface area contributed by atoms with E-state index in [4.69, 9.17) is 10.3 Å². The number of hydrogen-bond donors (Lipinski definition) is 5. The quantitative estimate of drug-likeness (QED) is 0.101. The number of nitrogen functional groups attached to an aromatic ring is 1. The lowest BCUT2D eigenvalue weighted by molar-refractivity contribution is -0.130. The average molecular weight is 534 g/mol. The number of nitrogens with two attached hydrogens (primary N) is 1. The topological polar surface area (TPSA) is 233 Å². The number of rotatable bonds is 6. The van der Waals surface area contributed by atoms with Crippen molar-refractivity contribution < 1.29 is 41.5 Å². The van der Waals surface area contributed by atoms with Crippen LogP contribution in [0.5, 0.6) is 5.75 Å². The highest BCUT2D eigenvalue weighted by atomic mass is 32.2. The third-order valence-electron chi connectivity index (χ3n) is 5.08. The summed E-state index contributed by atoms with van der Waals surface area (Å²) < 4.78 is 52.3. The molecule has 1 aliphatic heterocycles. The molecule has 2 unspecified atom stereocenters. The molecule has 0 saturated carbocycles. The number of phenols is 1. The second-order valence-electron chi connectivity index (χ2n) is 7.32. The van der Waals surface area contributed by atoms with E-state index in [-0.39, 0.29) is 32.7 Å². The number of carboxylic acid groups (broad SMARTS) is 1. The summed E-state index contributed by atoms with van der Waals surface area (Å²) in [6.07, 6.45) is 0. The molecule has 0 saturated heterocycles. The summed E-state index contributed by atoms with van der Waals surface area (Å²) in [5, 5.41) is 32.4. The van der Waals surface area contributed by atoms with Crippen LogP contribution in [0.3, 0.4) is 0 Å². The van der Waals surface area contributed by atoms with Crippen molar-refractivity contribution in [2.24, 2.45) is 15.3 Å². The van der Waals surface area contributed by atoms with Crippen molar-refractivity contribution in [1.29, 1.82) is 0 Å². The number of hydrogen-bond acceptors (Lipinski definition) is 10. The molecule has 3 aromatic rings. The maximum atomic E-state index is 12.9. The predicted molar refractivity (Wildman–Crippen MR) is 126 cm³/mol. The van der Waals surface area contributed by atoms with Crippen LogP contribution in [0.1, 0.15) is 0 Å². The molecular formula is C20H15N5O9S2. The van der Waals surface area contributed by atoms with Crippen LogP contribution in [0, 0.1) is 0 Å². The van der Waals surface area contributed by atoms with Gasteiger partial charge in [-0.05, 0) is 53.9 Å². The van der Waals surface area contributed by atoms with Gasteiger partial charge in [-0.2, -0.15) is 28.8 Å². The summed E-state index contributed by atoms with van der Waals surface area (Å²) in [6, 6.07) is 8.11. The number of nitrogens with zero attached hydrogens (tertiary/aromatic N) is 4. The molecule has 0 spiro atoms. The fourth-order valence-corrected chi connectivity index (χ4v) is 4.34. The van der Waals surface area contributed by atoms with Gasteiger partial charge in [0.15, 0.2) is 16.8 Å². The number of hydrazone groups is 1. The molecule has 0 radical (unpaired) electrons. The molecule has 1 amide bonds. The van der Waals surface area contributed by atoms with Crippen molar-refractivity contribution in [3.05, 3.63) is 48.5 Å². The Labute approximate surface area is 204 Å². The number of fused-ring (bicyclic) bond motifs is 1. The van der Waals surface area contributed by atoms with Crippen molar-refractivity contribution in [3.63, 3.8) is 0 Å². The molecule has 1 heterocycles. The standard InChI is InChI=1S/C20H15N5O9S2/c21-15-14(35(30)31)8-9-7-10(1-6-13(9)18(15)26)22-23-16-17(20(28)29)24-25(19(16)27)11-2-4-12(5-3-11)36(32,33)34/h1-8,16,26H,21H2,(H,28,29)(H,30,31)(H,32,33,34)/b23-22+. The molecule has 0 aliphatic carbocycles. The smallest absolute Gasteiger partial charge is 0.355 e. The Morgan fingerprint density at radius 3 is 2.39 bits per heavy atom. The van der Waals surface area contributed by atoms with Gasteiger partial charge in [-0.25, -0.2) is 9.00 Å². The minimum Gasteiger partial charge on any atom is -0.505 e. The van der Waals surface area contributed by atoms with Crippen molar-refractivity contribution in [1.82, 2.24) is 0 Å². The van der Waals surface area contributed by atoms with Gasteiger partial charge >= 0.3 is 5.97 Å². The van der Waals surface area contributed by atoms with Gasteiger partial charge in [0.1, 0.15) is 5.75 Å². The molecule has 4 rings (SSSR count). The number of carboxylic acids is 1. The first-order chi connectivity index (χ1) is 16.9. The monoisotopic (exact) mass is 533 g/mol. The maximum absolute atomic E-state index is 12.9. The Bertz CT molecular complexity index is 1620. The Morgan fingerprint density at radius 2 is 1.81 bits per heavy atom. The molecule has 14 nitrogen and oxygen atoms in total. The van der Waals surface area contributed by atoms with E-state index in [0.29, 0.717) is 5.01 Å². The zero-order valence-corrected chi connectivity index (χ0v) is 19.3. The van der Waals surface area contributed by atoms with Gasteiger partial charge in [-0.15, -0.1) is 0 Å². The molecule has 2 atom stereocenters. The zero-order valence-electron chi connectivity index (χ0n) is 17.7. The van der Waals surface area contributed by atoms with E-state index in [1.54, 1.807) is 0 Å². The van der Waals surface area contributed by atoms with Gasteiger partial charge < -0.3 is 20.5 Å². The number of carbonyl (C=O) groups is 2. The number of phenolic OH excluding ortho intramolecular Hbond substituents is 1. The Morgan fingerprint density at radius 1 is 1.14 bits per heavy atom. The van der Waals surface area contributed by atoms with Crippen LogP contribution in [0.25, 0.3) is 10.8 Å². The van der Waals surface area contributed by atoms with E-state index >= 15 is 0 Å². The highest BCUT2D eigenvalue weighted by Gasteiger charge is 2.41. The largest absolute Gasteiger partial charge is 0.505 e. The maximum Gasteiger partial charge on any atom is 0.355 e. The summed E-state index contributed by atoms with van der Waals surface area (Å²) in [4.78, 5) is 23.9. The van der Waals surface area contributed by atoms with Crippen molar-refractivity contribution >= 4 is 66.6 Å². The third kappa shape index (κ3) is 4.52. The molecule has 16 heteroatoms. The van der Waals surface area contributed by atoms with Crippen molar-refractivity contribution in [3.8, 4) is 5.75 Å². The number of anilines is 2. The first-order valence-electron chi connectivity index (χ1n) is 9.68. The summed E-state index contributed by atoms with van der Waals surface area (Å²) >= 11 is -2.48. The fourth-order valence-electron chi connectivity index (χ4n) is 3.35. The van der Waals surface area contributed by atoms with E-state index in [1.165, 1.54) is 24.3 Å². The van der Waals surface area contributed by atoms with E-state index in [9.17, 15) is 37.0 Å². The normalized spacial score (nSPS) is 17.1. The number of carbonyl (C=O) groups excluding carboxylic acids is 1. The number of aliphatic carboxylic acids is 1. The summed E-state index contributed by atoms with van der Waals surface area (Å²) in [5.74, 6) is -2.84. The molecule has 186 valence electrons. The summed E-state index contributed by atoms with van der Waals surface area (Å²) in [6.45, 7) is 0. The van der Waals surface area contributed by atoms with Crippen molar-refractivity contribution in [2.45, 2.75) is 15.8 Å². The van der Waals surface area contributed by atoms with Crippen LogP contribution in [0.4, 0.5) is 17.1 Å². The highest BCUT2D eigenvalue weighted by molar-refractivity contribution is 7.85. The third-order valence-corrected chi connectivity index (χ3v) is 6.66. The Balaban J connectivity index is 1.67. The molecule has 36 heavy (non-hydrogen) atoms. The van der Waals surface area contributed by atoms with Crippen LogP contribution in [0.2, 0.25) is 0 Å². The first-order valence-corrected chi connectivity index (χ1v) is 12.2. The second-order valence-corrected chi connectivity index (χ2v) is 9.68. The Kier molecular flexibility index (Phi) is 6.27. The van der Waals surface area contributed by atoms with Crippen molar-refractivity contribution in [2.75, 3.05) is 10.7 Å². The molecular weight excluding hydrogens is 518 g/mol. The van der Waals surface area contributed by atoms with Crippen LogP contribution in [-0.4, -0.2) is 55.6 Å². The molecule has 3 aromatic carbocycles. The Hall–Kier alpha value is -4.25. The number of amides is 1. The van der Waals surface area contributed by atoms with Gasteiger partial charge in [0.05, 0.1) is 26.9 Å². The zero-order chi connectivity index (χ0) is 26.4. The number of benzene rings is 3. The first kappa shape index (κ1) is 24.9. The van der Waals surface area contributed by atoms with E-state index in [2.05, 4.69) is 15.3 Å². The van der Waals surface area contributed by atoms with Gasteiger partial charge in [-0.1, -0.05) is 0 Å². The minimum atomic E-state index is -4.48. The molecule has 0 aromatic heterocycles. The SMILES string of the molecule is Nc1c(S(=O)O)cc2cc(/N=N/C3C(=O)N(c4ccc(S(=O)(=O)O)cc4)N=C3C(=O)O)ccc2c1O. The van der Waals surface area contributed by atoms with E-state index in [1.807, 2.05) is 0 Å². The van der Waals surface area contributed by atoms with Crippen LogP contribution in [-0.2, 0) is 30.8 Å². The molecule has 1 aliphatic rings. The van der Waals surface area contributed by atoms with E-state index < -0.39 is 55.5 Å². The summed E-state index contributed by atoms with van der Waals surface area (Å²) in [7, 11) is -4.48. The van der Waals surface area contributed by atoms with Gasteiger partial charge in [-0.3, -0.25) is 9.35 Å². The number of azo groups is 1. The minimum absolute atomic E-state index is 0.0205. The lowest BCUT2D eigenvalue weighted by Gasteiger charge is -2.12. The summed E-state index contributed by atoms with van der Waals surface area (Å²) in [5.41, 5.74) is 4.91. The fraction of sp³-hybridized carbons (Fsp3) is 0.0500. The van der Waals surface area contributed by atoms with Crippen LogP contribution < -0.4 is 10.7 Å². The lowest BCUT2D eigenvalue weighted by atomic mass is 10.1. The van der Waals surface area contributed by atoms with Gasteiger partial charge in [0.2, 0.25) is 6.04 Å². The second kappa shape index (κ2) is 9.08. The highest BCUT2D eigenvalue weighted by Crippen LogP contribution is 2.37. The van der Waals surface area contributed by atoms with Gasteiger partial charge in [0.25, 0.3) is 16.0 Å². The van der Waals surface area contributed by atoms with Crippen LogP contribution >= 0.6 is 0 Å². The van der Waals surface area contributed by atoms with Crippen LogP contribution in [0.15, 0.2) is 73.7 Å². The van der Waals surface area contributed by atoms with E-state index in [0.717, 1.165) is 24.3 Å². The predicted octanol–water partition coefficient (Wildman–Crippen LogP) is 1.89. The molecule has 0 bridgehead atoms. The lowest BCUT2D eigenvalue weighted by Crippen LogP contribution is -2.33. The molecule has 0 fully saturated rings. The molecule has 6 N–H and O–H groups in total. The average Bonchev–Trinajstić information content (AvgIpc) is 3.15. The van der Waals surface area contributed by atoms with Gasteiger partial charge in [0, 0.05) is 5.39 Å².